The van der Waals surface area contributed by atoms with Gasteiger partial charge in [0.1, 0.15) is 47.3 Å². The van der Waals surface area contributed by atoms with Crippen LogP contribution in [0.25, 0.3) is 11.4 Å². The standard InChI is InChI=1S/C26H33N7O5.C21H23ClN6O4.C5H11NO/c1-15(2)33-11-18-22(25(33)35)29-26(32-8-6-7-16(32)13-34)30-24(18)28-21-12-31(14-27-21)17-9-19(36-3)23(38-5)20(10-17)37-4;1-11(2)28-8-13-17(20(28)29)25-21(22)26-19(13)24-16-9-27(10-23-16)12-6-14(30-3)18(32-5)15(7-12)31-4;7-4-5-2-1-3-6-5/h9-10,12,14-16,34H,6-8,11,13H2,1-5H3,(H,28,29,30);6-7,9-11H,8H2,1-5H3,(H,24,25,26);5-7H,1-4H2/t16-;;5-/m1.1/s1. The molecule has 77 heavy (non-hydrogen) atoms. The summed E-state index contributed by atoms with van der Waals surface area (Å²) in [7, 11) is 9.36. The van der Waals surface area contributed by atoms with E-state index in [4.69, 9.17) is 50.1 Å². The Hall–Kier alpha value is -7.67. The van der Waals surface area contributed by atoms with Crippen molar-refractivity contribution in [3.05, 3.63) is 77.1 Å². The Morgan fingerprint density at radius 3 is 1.53 bits per heavy atom. The van der Waals surface area contributed by atoms with Gasteiger partial charge in [0.05, 0.1) is 98.8 Å². The van der Waals surface area contributed by atoms with Gasteiger partial charge in [0.15, 0.2) is 23.0 Å². The van der Waals surface area contributed by atoms with Crippen molar-refractivity contribution < 1.29 is 48.2 Å². The van der Waals surface area contributed by atoms with E-state index >= 15 is 0 Å². The van der Waals surface area contributed by atoms with Gasteiger partial charge < -0.3 is 78.4 Å². The number of methoxy groups -OCH3 is 6. The first-order chi connectivity index (χ1) is 37.2. The van der Waals surface area contributed by atoms with Crippen LogP contribution < -0.4 is 49.3 Å². The van der Waals surface area contributed by atoms with Crippen LogP contribution in [0.4, 0.5) is 29.2 Å². The average molecular weight is 1080 g/mol. The van der Waals surface area contributed by atoms with Crippen molar-refractivity contribution in [2.75, 3.05) is 84.5 Å². The zero-order valence-electron chi connectivity index (χ0n) is 45.0. The molecule has 4 aromatic heterocycles. The molecule has 2 amide bonds. The number of benzene rings is 2. The number of amides is 2. The van der Waals surface area contributed by atoms with Gasteiger partial charge in [-0.2, -0.15) is 4.98 Å². The second-order valence-electron chi connectivity index (χ2n) is 18.9. The Kier molecular flexibility index (Phi) is 17.7. The summed E-state index contributed by atoms with van der Waals surface area (Å²) >= 11 is 6.09. The molecule has 4 aliphatic heterocycles. The van der Waals surface area contributed by atoms with Crippen LogP contribution in [0.3, 0.4) is 0 Å². The molecule has 412 valence electrons. The van der Waals surface area contributed by atoms with Crippen LogP contribution in [0.2, 0.25) is 5.28 Å². The first-order valence-corrected chi connectivity index (χ1v) is 25.6. The topological polar surface area (TPSA) is 263 Å². The summed E-state index contributed by atoms with van der Waals surface area (Å²) in [6.45, 7) is 10.8. The number of imidazole rings is 2. The number of hydrogen-bond acceptors (Lipinski definition) is 20. The smallest absolute Gasteiger partial charge is 0.273 e. The molecular weight excluding hydrogens is 1020 g/mol. The molecule has 6 aromatic rings. The van der Waals surface area contributed by atoms with Crippen molar-refractivity contribution in [2.45, 2.75) is 90.6 Å². The van der Waals surface area contributed by atoms with Crippen molar-refractivity contribution in [3.8, 4) is 45.9 Å². The second kappa shape index (κ2) is 24.5. The zero-order chi connectivity index (χ0) is 55.1. The van der Waals surface area contributed by atoms with Crippen LogP contribution >= 0.6 is 11.6 Å². The predicted octanol–water partition coefficient (Wildman–Crippen LogP) is 5.94. The molecule has 2 fully saturated rings. The number of fused-ring (bicyclic) bond motifs is 2. The minimum atomic E-state index is -0.162. The van der Waals surface area contributed by atoms with E-state index in [2.05, 4.69) is 40.9 Å². The van der Waals surface area contributed by atoms with E-state index < -0.39 is 0 Å². The van der Waals surface area contributed by atoms with Gasteiger partial charge in [0, 0.05) is 60.1 Å². The van der Waals surface area contributed by atoms with E-state index in [9.17, 15) is 14.7 Å². The minimum Gasteiger partial charge on any atom is -0.493 e. The first-order valence-electron chi connectivity index (χ1n) is 25.2. The van der Waals surface area contributed by atoms with Crippen molar-refractivity contribution in [1.82, 2.24) is 54.2 Å². The van der Waals surface area contributed by atoms with Crippen LogP contribution in [-0.4, -0.2) is 164 Å². The second-order valence-corrected chi connectivity index (χ2v) is 19.3. The number of aromatic nitrogens is 8. The molecule has 0 bridgehead atoms. The molecule has 0 saturated carbocycles. The van der Waals surface area contributed by atoms with Gasteiger partial charge in [-0.1, -0.05) is 0 Å². The van der Waals surface area contributed by atoms with Gasteiger partial charge in [0.2, 0.25) is 22.7 Å². The molecule has 0 unspecified atom stereocenters. The van der Waals surface area contributed by atoms with Gasteiger partial charge >= 0.3 is 0 Å². The van der Waals surface area contributed by atoms with Crippen molar-refractivity contribution >= 4 is 52.6 Å². The fourth-order valence-electron chi connectivity index (χ4n) is 9.44. The quantitative estimate of drug-likeness (QED) is 0.0662. The SMILES string of the molecule is COc1cc(-n2cnc(Nc3nc(Cl)nc4c3CN(C(C)C)C4=O)c2)cc(OC)c1OC.COc1cc(-n2cnc(Nc3nc(N4CCC[C@@H]4CO)nc4c3CN(C(C)C)C4=O)c2)cc(OC)c1OC.OC[C@H]1CCCN1. The summed E-state index contributed by atoms with van der Waals surface area (Å²) in [4.78, 5) is 58.2. The number of aliphatic hydroxyl groups excluding tert-OH is 2. The fourth-order valence-corrected chi connectivity index (χ4v) is 9.61. The van der Waals surface area contributed by atoms with Crippen LogP contribution in [0.1, 0.15) is 85.5 Å². The molecular formula is C52H67ClN14O10. The Balaban J connectivity index is 0.000000182. The van der Waals surface area contributed by atoms with Crippen molar-refractivity contribution in [1.29, 1.82) is 0 Å². The van der Waals surface area contributed by atoms with Crippen molar-refractivity contribution in [2.24, 2.45) is 0 Å². The van der Waals surface area contributed by atoms with E-state index in [0.717, 1.165) is 49.3 Å². The van der Waals surface area contributed by atoms with E-state index in [1.807, 2.05) is 67.6 Å². The maximum Gasteiger partial charge on any atom is 0.273 e. The number of nitrogens with one attached hydrogen (secondary N) is 3. The highest BCUT2D eigenvalue weighted by atomic mass is 35.5. The number of hydrogen-bond donors (Lipinski definition) is 5. The monoisotopic (exact) mass is 1080 g/mol. The van der Waals surface area contributed by atoms with Gasteiger partial charge in [0.25, 0.3) is 11.8 Å². The lowest BCUT2D eigenvalue weighted by atomic mass is 10.2. The number of anilines is 5. The summed E-state index contributed by atoms with van der Waals surface area (Å²) < 4.78 is 36.2. The average Bonchev–Trinajstić information content (AvgIpc) is 4.35. The van der Waals surface area contributed by atoms with Crippen LogP contribution in [-0.2, 0) is 13.1 Å². The number of ether oxygens (including phenoxy) is 6. The third kappa shape index (κ3) is 11.8. The first kappa shape index (κ1) is 55.6. The lowest BCUT2D eigenvalue weighted by Gasteiger charge is -2.24. The number of rotatable bonds is 17. The van der Waals surface area contributed by atoms with Gasteiger partial charge in [-0.3, -0.25) is 9.59 Å². The molecule has 4 aliphatic rings. The number of halogens is 1. The normalized spacial score (nSPS) is 16.5. The molecule has 8 heterocycles. The third-order valence-corrected chi connectivity index (χ3v) is 13.8. The highest BCUT2D eigenvalue weighted by Crippen LogP contribution is 2.41. The lowest BCUT2D eigenvalue weighted by molar-refractivity contribution is 0.0718. The molecule has 25 heteroatoms. The van der Waals surface area contributed by atoms with Crippen LogP contribution in [0, 0.1) is 0 Å². The zero-order valence-corrected chi connectivity index (χ0v) is 45.7. The Morgan fingerprint density at radius 2 is 1.13 bits per heavy atom. The lowest BCUT2D eigenvalue weighted by Crippen LogP contribution is -2.34. The molecule has 24 nitrogen and oxygen atoms in total. The predicted molar refractivity (Wildman–Crippen MR) is 288 cm³/mol. The molecule has 0 aliphatic carbocycles. The number of carbonyl (C=O) groups excluding carboxylic acids is 2. The summed E-state index contributed by atoms with van der Waals surface area (Å²) in [5.41, 5.74) is 3.64. The number of carbonyl (C=O) groups is 2. The molecule has 2 saturated heterocycles. The molecule has 10 rings (SSSR count). The van der Waals surface area contributed by atoms with E-state index in [1.54, 1.807) is 75.9 Å². The molecule has 2 atom stereocenters. The molecule has 5 N–H and O–H groups in total. The van der Waals surface area contributed by atoms with Gasteiger partial charge in [-0.15, -0.1) is 0 Å². The Morgan fingerprint density at radius 1 is 0.649 bits per heavy atom. The largest absolute Gasteiger partial charge is 0.493 e. The van der Waals surface area contributed by atoms with Gasteiger partial charge in [-0.05, 0) is 71.5 Å². The number of nitrogens with zero attached hydrogens (tertiary/aromatic N) is 11. The molecule has 2 aromatic carbocycles. The molecule has 0 spiro atoms. The van der Waals surface area contributed by atoms with Crippen LogP contribution in [0.15, 0.2) is 49.3 Å². The summed E-state index contributed by atoms with van der Waals surface area (Å²) in [6.07, 6.45) is 11.1. The fraction of sp³-hybridized carbons (Fsp3) is 0.462. The maximum absolute atomic E-state index is 13.2. The van der Waals surface area contributed by atoms with E-state index in [1.165, 1.54) is 6.42 Å². The van der Waals surface area contributed by atoms with Gasteiger partial charge in [-0.25, -0.2) is 24.9 Å². The Bertz CT molecular complexity index is 3000. The maximum atomic E-state index is 13.2. The summed E-state index contributed by atoms with van der Waals surface area (Å²) in [5, 5.41) is 28.0. The summed E-state index contributed by atoms with van der Waals surface area (Å²) in [5.74, 6) is 5.31. The van der Waals surface area contributed by atoms with Crippen molar-refractivity contribution in [3.63, 3.8) is 0 Å². The van der Waals surface area contributed by atoms with E-state index in [-0.39, 0.29) is 41.8 Å². The van der Waals surface area contributed by atoms with Crippen LogP contribution in [0.5, 0.6) is 34.5 Å². The highest BCUT2D eigenvalue weighted by molar-refractivity contribution is 6.28. The minimum absolute atomic E-state index is 0.00531. The summed E-state index contributed by atoms with van der Waals surface area (Å²) in [6, 6.07) is 7.66. The highest BCUT2D eigenvalue weighted by Gasteiger charge is 2.37. The Labute approximate surface area is 451 Å². The molecule has 0 radical (unpaired) electrons. The number of aliphatic hydroxyl groups is 2. The third-order valence-electron chi connectivity index (χ3n) is 13.6. The van der Waals surface area contributed by atoms with E-state index in [0.29, 0.717) is 106 Å².